The maximum Gasteiger partial charge on any atom is 0.253 e. The quantitative estimate of drug-likeness (QED) is 0.819. The van der Waals surface area contributed by atoms with Crippen LogP contribution in [0.25, 0.3) is 0 Å². The third-order valence-electron chi connectivity index (χ3n) is 1.60. The second-order valence-corrected chi connectivity index (χ2v) is 3.72. The Morgan fingerprint density at radius 1 is 1.46 bits per heavy atom. The van der Waals surface area contributed by atoms with Crippen LogP contribution >= 0.6 is 15.9 Å². The van der Waals surface area contributed by atoms with E-state index in [2.05, 4.69) is 15.9 Å². The fourth-order valence-corrected chi connectivity index (χ4v) is 1.15. The first-order chi connectivity index (χ1) is 6.02. The normalized spacial score (nSPS) is 9.77. The van der Waals surface area contributed by atoms with Gasteiger partial charge in [-0.05, 0) is 34.1 Å². The highest BCUT2D eigenvalue weighted by Gasteiger charge is 2.09. The van der Waals surface area contributed by atoms with Crippen LogP contribution in [0.15, 0.2) is 22.7 Å². The average Bonchev–Trinajstić information content (AvgIpc) is 2.08. The number of hydrogen-bond acceptors (Lipinski definition) is 2. The standard InChI is InChI=1S/C9H10BrNO2/c1-11(2)9(13)6-3-4-7(10)8(12)5-6/h3-5,12H,1-2H3. The lowest BCUT2D eigenvalue weighted by atomic mass is 10.2. The molecule has 1 rings (SSSR count). The van der Waals surface area contributed by atoms with E-state index in [0.29, 0.717) is 10.0 Å². The molecule has 0 spiro atoms. The molecule has 13 heavy (non-hydrogen) atoms. The number of benzene rings is 1. The summed E-state index contributed by atoms with van der Waals surface area (Å²) < 4.78 is 0.586. The van der Waals surface area contributed by atoms with Crippen LogP contribution in [0.5, 0.6) is 5.75 Å². The molecule has 0 unspecified atom stereocenters. The molecule has 0 bridgehead atoms. The number of rotatable bonds is 1. The predicted molar refractivity (Wildman–Crippen MR) is 53.8 cm³/mol. The van der Waals surface area contributed by atoms with Gasteiger partial charge in [-0.2, -0.15) is 0 Å². The van der Waals surface area contributed by atoms with Gasteiger partial charge in [-0.3, -0.25) is 4.79 Å². The number of halogens is 1. The zero-order valence-corrected chi connectivity index (χ0v) is 9.00. The maximum absolute atomic E-state index is 11.4. The average molecular weight is 244 g/mol. The summed E-state index contributed by atoms with van der Waals surface area (Å²) in [6.45, 7) is 0. The first-order valence-corrected chi connectivity index (χ1v) is 4.52. The summed E-state index contributed by atoms with van der Waals surface area (Å²) in [5.74, 6) is -0.0458. The van der Waals surface area contributed by atoms with E-state index in [0.717, 1.165) is 0 Å². The van der Waals surface area contributed by atoms with Crippen LogP contribution in [0.2, 0.25) is 0 Å². The van der Waals surface area contributed by atoms with Gasteiger partial charge in [0.25, 0.3) is 5.91 Å². The predicted octanol–water partition coefficient (Wildman–Crippen LogP) is 1.86. The Balaban J connectivity index is 3.04. The molecule has 0 aliphatic rings. The summed E-state index contributed by atoms with van der Waals surface area (Å²) in [5.41, 5.74) is 0.478. The molecule has 1 aromatic rings. The van der Waals surface area contributed by atoms with Crippen LogP contribution in [-0.2, 0) is 0 Å². The van der Waals surface area contributed by atoms with E-state index in [9.17, 15) is 9.90 Å². The highest BCUT2D eigenvalue weighted by molar-refractivity contribution is 9.10. The molecule has 0 radical (unpaired) electrons. The Morgan fingerprint density at radius 3 is 2.54 bits per heavy atom. The lowest BCUT2D eigenvalue weighted by Crippen LogP contribution is -2.21. The van der Waals surface area contributed by atoms with Gasteiger partial charge in [0.05, 0.1) is 4.47 Å². The highest BCUT2D eigenvalue weighted by atomic mass is 79.9. The minimum Gasteiger partial charge on any atom is -0.507 e. The van der Waals surface area contributed by atoms with Crippen molar-refractivity contribution < 1.29 is 9.90 Å². The van der Waals surface area contributed by atoms with Gasteiger partial charge >= 0.3 is 0 Å². The van der Waals surface area contributed by atoms with Crippen molar-refractivity contribution in [2.45, 2.75) is 0 Å². The van der Waals surface area contributed by atoms with E-state index in [1.54, 1.807) is 26.2 Å². The van der Waals surface area contributed by atoms with Gasteiger partial charge in [0.1, 0.15) is 5.75 Å². The second-order valence-electron chi connectivity index (χ2n) is 2.87. The maximum atomic E-state index is 11.4. The van der Waals surface area contributed by atoms with Crippen molar-refractivity contribution >= 4 is 21.8 Å². The topological polar surface area (TPSA) is 40.5 Å². The molecule has 4 heteroatoms. The van der Waals surface area contributed by atoms with Crippen molar-refractivity contribution in [1.29, 1.82) is 0 Å². The van der Waals surface area contributed by atoms with Crippen LogP contribution in [0, 0.1) is 0 Å². The molecule has 1 N–H and O–H groups in total. The number of carbonyl (C=O) groups excluding carboxylic acids is 1. The number of aromatic hydroxyl groups is 1. The van der Waals surface area contributed by atoms with Gasteiger partial charge < -0.3 is 10.0 Å². The van der Waals surface area contributed by atoms with Gasteiger partial charge in [-0.1, -0.05) is 0 Å². The van der Waals surface area contributed by atoms with Gasteiger partial charge in [0.15, 0.2) is 0 Å². The first kappa shape index (κ1) is 10.1. The molecule has 70 valence electrons. The summed E-state index contributed by atoms with van der Waals surface area (Å²) in [7, 11) is 3.34. The second kappa shape index (κ2) is 3.79. The zero-order valence-electron chi connectivity index (χ0n) is 7.41. The van der Waals surface area contributed by atoms with E-state index in [1.807, 2.05) is 0 Å². The van der Waals surface area contributed by atoms with Crippen molar-refractivity contribution in [2.75, 3.05) is 14.1 Å². The lowest BCUT2D eigenvalue weighted by Gasteiger charge is -2.10. The summed E-state index contributed by atoms with van der Waals surface area (Å²) in [6, 6.07) is 4.74. The van der Waals surface area contributed by atoms with Crippen LogP contribution in [-0.4, -0.2) is 30.0 Å². The Morgan fingerprint density at radius 2 is 2.08 bits per heavy atom. The van der Waals surface area contributed by atoms with Crippen molar-refractivity contribution in [3.05, 3.63) is 28.2 Å². The Hall–Kier alpha value is -1.03. The van der Waals surface area contributed by atoms with E-state index in [1.165, 1.54) is 11.0 Å². The largest absolute Gasteiger partial charge is 0.507 e. The molecule has 1 aromatic carbocycles. The molecule has 0 saturated carbocycles. The molecule has 0 saturated heterocycles. The van der Waals surface area contributed by atoms with Crippen LogP contribution < -0.4 is 0 Å². The van der Waals surface area contributed by atoms with Gasteiger partial charge in [-0.25, -0.2) is 0 Å². The minimum atomic E-state index is -0.122. The van der Waals surface area contributed by atoms with Crippen molar-refractivity contribution in [3.63, 3.8) is 0 Å². The monoisotopic (exact) mass is 243 g/mol. The number of nitrogens with zero attached hydrogens (tertiary/aromatic N) is 1. The van der Waals surface area contributed by atoms with Gasteiger partial charge in [-0.15, -0.1) is 0 Å². The van der Waals surface area contributed by atoms with E-state index >= 15 is 0 Å². The number of phenols is 1. The number of phenolic OH excluding ortho intramolecular Hbond substituents is 1. The SMILES string of the molecule is CN(C)C(=O)c1ccc(Br)c(O)c1. The Bertz CT molecular complexity index is 336. The zero-order chi connectivity index (χ0) is 10.0. The highest BCUT2D eigenvalue weighted by Crippen LogP contribution is 2.24. The Kier molecular flexibility index (Phi) is 2.93. The van der Waals surface area contributed by atoms with Crippen LogP contribution in [0.4, 0.5) is 0 Å². The molecule has 0 aliphatic heterocycles. The van der Waals surface area contributed by atoms with E-state index in [4.69, 9.17) is 0 Å². The molecule has 3 nitrogen and oxygen atoms in total. The third kappa shape index (κ3) is 2.21. The summed E-state index contributed by atoms with van der Waals surface area (Å²) in [5, 5.41) is 9.31. The van der Waals surface area contributed by atoms with Gasteiger partial charge in [0.2, 0.25) is 0 Å². The minimum absolute atomic E-state index is 0.0766. The molecular weight excluding hydrogens is 234 g/mol. The number of hydrogen-bond donors (Lipinski definition) is 1. The molecule has 0 fully saturated rings. The van der Waals surface area contributed by atoms with Crippen molar-refractivity contribution in [2.24, 2.45) is 0 Å². The smallest absolute Gasteiger partial charge is 0.253 e. The van der Waals surface area contributed by atoms with E-state index < -0.39 is 0 Å². The van der Waals surface area contributed by atoms with Gasteiger partial charge in [0, 0.05) is 19.7 Å². The van der Waals surface area contributed by atoms with Crippen molar-refractivity contribution in [1.82, 2.24) is 4.90 Å². The number of amides is 1. The molecular formula is C9H10BrNO2. The lowest BCUT2D eigenvalue weighted by molar-refractivity contribution is 0.0827. The Labute approximate surface area is 85.1 Å². The van der Waals surface area contributed by atoms with Crippen molar-refractivity contribution in [3.8, 4) is 5.75 Å². The molecule has 0 aromatic heterocycles. The fraction of sp³-hybridized carbons (Fsp3) is 0.222. The van der Waals surface area contributed by atoms with Crippen LogP contribution in [0.3, 0.4) is 0 Å². The molecule has 0 aliphatic carbocycles. The fourth-order valence-electron chi connectivity index (χ4n) is 0.904. The van der Waals surface area contributed by atoms with Crippen LogP contribution in [0.1, 0.15) is 10.4 Å². The van der Waals surface area contributed by atoms with E-state index in [-0.39, 0.29) is 11.7 Å². The number of carbonyl (C=O) groups is 1. The molecule has 0 heterocycles. The summed E-state index contributed by atoms with van der Waals surface area (Å²) in [6.07, 6.45) is 0. The first-order valence-electron chi connectivity index (χ1n) is 3.72. The molecule has 0 atom stereocenters. The summed E-state index contributed by atoms with van der Waals surface area (Å²) >= 11 is 3.14. The third-order valence-corrected chi connectivity index (χ3v) is 2.27. The summed E-state index contributed by atoms with van der Waals surface area (Å²) in [4.78, 5) is 12.9. The molecule has 1 amide bonds.